The van der Waals surface area contributed by atoms with Crippen LogP contribution in [0.5, 0.6) is 11.5 Å². The third kappa shape index (κ3) is 2.60. The summed E-state index contributed by atoms with van der Waals surface area (Å²) in [6.45, 7) is 2.07. The molecule has 1 aromatic carbocycles. The van der Waals surface area contributed by atoms with Crippen LogP contribution in [-0.2, 0) is 12.8 Å². The maximum absolute atomic E-state index is 9.93. The van der Waals surface area contributed by atoms with Gasteiger partial charge >= 0.3 is 0 Å². The molecular weight excluding hydrogens is 228 g/mol. The Morgan fingerprint density at radius 1 is 1.44 bits per heavy atom. The zero-order valence-corrected chi connectivity index (χ0v) is 10.3. The molecule has 0 unspecified atom stereocenters. The first-order valence-corrected chi connectivity index (χ1v) is 5.71. The lowest BCUT2D eigenvalue weighted by molar-refractivity contribution is 0.287. The van der Waals surface area contributed by atoms with Gasteiger partial charge in [-0.25, -0.2) is 0 Å². The van der Waals surface area contributed by atoms with Crippen LogP contribution in [0.3, 0.4) is 0 Å². The molecule has 0 heterocycles. The Morgan fingerprint density at radius 2 is 2.12 bits per heavy atom. The maximum atomic E-state index is 9.93. The summed E-state index contributed by atoms with van der Waals surface area (Å²) in [4.78, 5) is 0. The van der Waals surface area contributed by atoms with E-state index in [9.17, 15) is 5.11 Å². The number of aliphatic hydroxyl groups excluding tert-OH is 1. The Bertz CT molecular complexity index is 336. The summed E-state index contributed by atoms with van der Waals surface area (Å²) in [5, 5.41) is 19.3. The lowest BCUT2D eigenvalue weighted by Crippen LogP contribution is -1.97. The van der Waals surface area contributed by atoms with Crippen molar-refractivity contribution >= 4 is 11.6 Å². The van der Waals surface area contributed by atoms with Crippen molar-refractivity contribution < 1.29 is 14.9 Å². The van der Waals surface area contributed by atoms with Crippen LogP contribution in [-0.4, -0.2) is 23.9 Å². The number of hydrogen-bond acceptors (Lipinski definition) is 3. The van der Waals surface area contributed by atoms with Gasteiger partial charge < -0.3 is 14.9 Å². The zero-order valence-electron chi connectivity index (χ0n) is 9.59. The van der Waals surface area contributed by atoms with Crippen LogP contribution < -0.4 is 4.74 Å². The molecule has 1 rings (SSSR count). The number of aryl methyl sites for hydroxylation is 1. The van der Waals surface area contributed by atoms with E-state index in [0.29, 0.717) is 29.2 Å². The lowest BCUT2D eigenvalue weighted by atomic mass is 10.0. The van der Waals surface area contributed by atoms with Crippen molar-refractivity contribution in [3.8, 4) is 11.5 Å². The lowest BCUT2D eigenvalue weighted by Gasteiger charge is -2.14. The summed E-state index contributed by atoms with van der Waals surface area (Å²) in [5.74, 6) is 0.521. The molecule has 0 aromatic heterocycles. The minimum Gasteiger partial charge on any atom is -0.504 e. The molecule has 90 valence electrons. The van der Waals surface area contributed by atoms with Crippen molar-refractivity contribution in [1.82, 2.24) is 0 Å². The highest BCUT2D eigenvalue weighted by atomic mass is 35.5. The Labute approximate surface area is 101 Å². The van der Waals surface area contributed by atoms with E-state index in [-0.39, 0.29) is 12.4 Å². The van der Waals surface area contributed by atoms with Gasteiger partial charge in [0.25, 0.3) is 0 Å². The Kier molecular flexibility index (Phi) is 4.90. The summed E-state index contributed by atoms with van der Waals surface area (Å²) in [6, 6.07) is 1.75. The second-order valence-electron chi connectivity index (χ2n) is 3.56. The van der Waals surface area contributed by atoms with E-state index in [4.69, 9.17) is 21.4 Å². The Hall–Kier alpha value is -0.930. The molecule has 0 saturated heterocycles. The van der Waals surface area contributed by atoms with Crippen molar-refractivity contribution in [3.05, 3.63) is 22.2 Å². The largest absolute Gasteiger partial charge is 0.504 e. The van der Waals surface area contributed by atoms with E-state index >= 15 is 0 Å². The molecule has 0 amide bonds. The van der Waals surface area contributed by atoms with Crippen molar-refractivity contribution in [2.45, 2.75) is 26.2 Å². The highest BCUT2D eigenvalue weighted by Crippen LogP contribution is 2.38. The van der Waals surface area contributed by atoms with Gasteiger partial charge in [-0.05, 0) is 30.9 Å². The van der Waals surface area contributed by atoms with Crippen LogP contribution in [0.1, 0.15) is 24.5 Å². The minimum absolute atomic E-state index is 0.0778. The highest BCUT2D eigenvalue weighted by Gasteiger charge is 2.15. The summed E-state index contributed by atoms with van der Waals surface area (Å²) < 4.78 is 5.09. The summed E-state index contributed by atoms with van der Waals surface area (Å²) >= 11 is 6.18. The van der Waals surface area contributed by atoms with Crippen molar-refractivity contribution in [2.75, 3.05) is 13.7 Å². The second-order valence-corrected chi connectivity index (χ2v) is 3.94. The van der Waals surface area contributed by atoms with Crippen molar-refractivity contribution in [1.29, 1.82) is 0 Å². The van der Waals surface area contributed by atoms with Gasteiger partial charge in [0.1, 0.15) is 0 Å². The summed E-state index contributed by atoms with van der Waals surface area (Å²) in [5.41, 5.74) is 1.61. The number of phenols is 1. The van der Waals surface area contributed by atoms with Crippen molar-refractivity contribution in [3.63, 3.8) is 0 Å². The number of hydrogen-bond donors (Lipinski definition) is 2. The van der Waals surface area contributed by atoms with E-state index in [0.717, 1.165) is 12.0 Å². The fourth-order valence-corrected chi connectivity index (χ4v) is 2.01. The third-order valence-corrected chi connectivity index (χ3v) is 3.03. The number of aromatic hydroxyl groups is 1. The first-order chi connectivity index (χ1) is 7.65. The standard InChI is InChI=1S/C12H17ClO3/c1-3-8-7-10(16-2)12(15)9(11(8)13)5-4-6-14/h7,14-15H,3-6H2,1-2H3. The number of benzene rings is 1. The van der Waals surface area contributed by atoms with Crippen LogP contribution >= 0.6 is 11.6 Å². The van der Waals surface area contributed by atoms with Crippen LogP contribution in [0.4, 0.5) is 0 Å². The summed E-state index contributed by atoms with van der Waals surface area (Å²) in [7, 11) is 1.51. The third-order valence-electron chi connectivity index (χ3n) is 2.56. The van der Waals surface area contributed by atoms with Crippen LogP contribution in [0, 0.1) is 0 Å². The number of rotatable bonds is 5. The fourth-order valence-electron chi connectivity index (χ4n) is 1.63. The Morgan fingerprint density at radius 3 is 2.62 bits per heavy atom. The average Bonchev–Trinajstić information content (AvgIpc) is 2.29. The SMILES string of the molecule is CCc1cc(OC)c(O)c(CCCO)c1Cl. The molecule has 0 aliphatic carbocycles. The molecule has 0 aliphatic rings. The topological polar surface area (TPSA) is 49.7 Å². The van der Waals surface area contributed by atoms with Gasteiger partial charge in [0.05, 0.1) is 12.1 Å². The second kappa shape index (κ2) is 5.97. The van der Waals surface area contributed by atoms with E-state index in [2.05, 4.69) is 0 Å². The molecule has 0 aliphatic heterocycles. The number of phenolic OH excluding ortho intramolecular Hbond substituents is 1. The van der Waals surface area contributed by atoms with Crippen LogP contribution in [0.25, 0.3) is 0 Å². The molecule has 2 N–H and O–H groups in total. The van der Waals surface area contributed by atoms with Crippen LogP contribution in [0.2, 0.25) is 5.02 Å². The summed E-state index contributed by atoms with van der Waals surface area (Å²) in [6.07, 6.45) is 1.90. The number of methoxy groups -OCH3 is 1. The normalized spacial score (nSPS) is 10.5. The van der Waals surface area contributed by atoms with Gasteiger partial charge in [0.2, 0.25) is 0 Å². The molecule has 0 saturated carbocycles. The van der Waals surface area contributed by atoms with E-state index in [1.807, 2.05) is 6.92 Å². The minimum atomic E-state index is 0.0778. The smallest absolute Gasteiger partial charge is 0.162 e. The van der Waals surface area contributed by atoms with E-state index in [1.54, 1.807) is 6.07 Å². The van der Waals surface area contributed by atoms with Gasteiger partial charge in [0, 0.05) is 12.2 Å². The Balaban J connectivity index is 3.20. The highest BCUT2D eigenvalue weighted by molar-refractivity contribution is 6.32. The van der Waals surface area contributed by atoms with E-state index < -0.39 is 0 Å². The molecule has 16 heavy (non-hydrogen) atoms. The number of aliphatic hydroxyl groups is 1. The molecule has 0 spiro atoms. The molecular formula is C12H17ClO3. The van der Waals surface area contributed by atoms with Gasteiger partial charge in [-0.15, -0.1) is 0 Å². The average molecular weight is 245 g/mol. The van der Waals surface area contributed by atoms with Gasteiger partial charge in [-0.1, -0.05) is 18.5 Å². The fraction of sp³-hybridized carbons (Fsp3) is 0.500. The quantitative estimate of drug-likeness (QED) is 0.837. The predicted octanol–water partition coefficient (Wildman–Crippen LogP) is 2.54. The number of halogens is 1. The molecule has 0 bridgehead atoms. The molecule has 3 nitrogen and oxygen atoms in total. The molecule has 0 atom stereocenters. The van der Waals surface area contributed by atoms with Gasteiger partial charge in [-0.2, -0.15) is 0 Å². The molecule has 4 heteroatoms. The zero-order chi connectivity index (χ0) is 12.1. The molecule has 1 aromatic rings. The molecule has 0 fully saturated rings. The van der Waals surface area contributed by atoms with Crippen molar-refractivity contribution in [2.24, 2.45) is 0 Å². The number of ether oxygens (including phenoxy) is 1. The van der Waals surface area contributed by atoms with Gasteiger partial charge in [0.15, 0.2) is 11.5 Å². The first kappa shape index (κ1) is 13.1. The van der Waals surface area contributed by atoms with Crippen LogP contribution in [0.15, 0.2) is 6.07 Å². The first-order valence-electron chi connectivity index (χ1n) is 5.33. The van der Waals surface area contributed by atoms with E-state index in [1.165, 1.54) is 7.11 Å². The maximum Gasteiger partial charge on any atom is 0.162 e. The monoisotopic (exact) mass is 244 g/mol. The predicted molar refractivity (Wildman–Crippen MR) is 64.5 cm³/mol. The van der Waals surface area contributed by atoms with Gasteiger partial charge in [-0.3, -0.25) is 0 Å². The molecule has 0 radical (unpaired) electrons.